The van der Waals surface area contributed by atoms with Crippen LogP contribution < -0.4 is 5.32 Å². The molecule has 2 N–H and O–H groups in total. The van der Waals surface area contributed by atoms with Gasteiger partial charge in [0.05, 0.1) is 28.8 Å². The topological polar surface area (TPSA) is 76.1 Å². The SMILES string of the molecule is CC(C)(C)[Si](C)(C)O[C@H]1C=C[C@@H](n2c(Cl)c(C3=C(c4c[nH]c5ccccc45)C(=O)NC3=O)c3ccccc32)C1. The Morgan fingerprint density at radius 2 is 1.62 bits per heavy atom. The number of nitrogens with zero attached hydrogens (tertiary/aromatic N) is 1. The highest BCUT2D eigenvalue weighted by Gasteiger charge is 2.41. The molecule has 1 aliphatic carbocycles. The van der Waals surface area contributed by atoms with Gasteiger partial charge in [-0.3, -0.25) is 14.9 Å². The highest BCUT2D eigenvalue weighted by Crippen LogP contribution is 2.45. The van der Waals surface area contributed by atoms with E-state index >= 15 is 0 Å². The lowest BCUT2D eigenvalue weighted by Gasteiger charge is -2.38. The number of para-hydroxylation sites is 2. The lowest BCUT2D eigenvalue weighted by Crippen LogP contribution is -2.43. The first-order chi connectivity index (χ1) is 18.5. The Bertz CT molecular complexity index is 1720. The number of H-pyrrole nitrogens is 1. The van der Waals surface area contributed by atoms with Gasteiger partial charge in [-0.05, 0) is 30.3 Å². The number of amides is 2. The van der Waals surface area contributed by atoms with E-state index in [1.165, 1.54) is 0 Å². The third-order valence-corrected chi connectivity index (χ3v) is 13.4. The van der Waals surface area contributed by atoms with Crippen molar-refractivity contribution in [1.29, 1.82) is 0 Å². The lowest BCUT2D eigenvalue weighted by molar-refractivity contribution is -0.122. The molecule has 2 aromatic heterocycles. The second-order valence-electron chi connectivity index (χ2n) is 11.9. The Balaban J connectivity index is 1.48. The molecule has 8 heteroatoms. The molecule has 1 aliphatic heterocycles. The Morgan fingerprint density at radius 3 is 2.36 bits per heavy atom. The molecule has 0 spiro atoms. The summed E-state index contributed by atoms with van der Waals surface area (Å²) in [5.74, 6) is -0.859. The fourth-order valence-electron chi connectivity index (χ4n) is 5.50. The third kappa shape index (κ3) is 4.11. The van der Waals surface area contributed by atoms with Gasteiger partial charge in [0.2, 0.25) is 0 Å². The van der Waals surface area contributed by atoms with Crippen molar-refractivity contribution in [3.05, 3.63) is 83.2 Å². The van der Waals surface area contributed by atoms with Crippen molar-refractivity contribution in [2.45, 2.75) is 57.5 Å². The zero-order chi connectivity index (χ0) is 27.7. The number of aromatic amines is 1. The maximum Gasteiger partial charge on any atom is 0.259 e. The predicted molar refractivity (Wildman–Crippen MR) is 160 cm³/mol. The van der Waals surface area contributed by atoms with Crippen LogP contribution in [0.5, 0.6) is 0 Å². The fourth-order valence-corrected chi connectivity index (χ4v) is 7.20. The number of halogens is 1. The number of rotatable bonds is 5. The van der Waals surface area contributed by atoms with E-state index in [0.29, 0.717) is 27.4 Å². The van der Waals surface area contributed by atoms with Crippen LogP contribution in [0.1, 0.15) is 44.4 Å². The summed E-state index contributed by atoms with van der Waals surface area (Å²) < 4.78 is 8.76. The van der Waals surface area contributed by atoms with Crippen molar-refractivity contribution in [1.82, 2.24) is 14.9 Å². The van der Waals surface area contributed by atoms with E-state index in [1.807, 2.05) is 48.5 Å². The smallest absolute Gasteiger partial charge is 0.259 e. The molecule has 3 heterocycles. The number of carbonyl (C=O) groups excluding carboxylic acids is 2. The summed E-state index contributed by atoms with van der Waals surface area (Å²) in [5.41, 5.74) is 3.71. The molecular formula is C31H32ClN3O3Si. The number of hydrogen-bond acceptors (Lipinski definition) is 3. The van der Waals surface area contributed by atoms with Crippen molar-refractivity contribution in [3.63, 3.8) is 0 Å². The molecule has 6 rings (SSSR count). The molecule has 2 atom stereocenters. The zero-order valence-electron chi connectivity index (χ0n) is 22.8. The average molecular weight is 558 g/mol. The van der Waals surface area contributed by atoms with E-state index in [0.717, 1.165) is 28.2 Å². The molecule has 0 fully saturated rings. The van der Waals surface area contributed by atoms with E-state index in [4.69, 9.17) is 16.0 Å². The third-order valence-electron chi connectivity index (χ3n) is 8.50. The number of imide groups is 1. The van der Waals surface area contributed by atoms with Crippen LogP contribution in [0.4, 0.5) is 0 Å². The number of benzene rings is 2. The Kier molecular flexibility index (Phi) is 6.02. The van der Waals surface area contributed by atoms with Crippen LogP contribution in [-0.2, 0) is 14.0 Å². The van der Waals surface area contributed by atoms with Crippen molar-refractivity contribution in [2.75, 3.05) is 0 Å². The van der Waals surface area contributed by atoms with Gasteiger partial charge < -0.3 is 14.0 Å². The van der Waals surface area contributed by atoms with Gasteiger partial charge >= 0.3 is 0 Å². The second kappa shape index (κ2) is 9.08. The van der Waals surface area contributed by atoms with E-state index in [2.05, 4.69) is 60.9 Å². The maximum absolute atomic E-state index is 13.4. The highest BCUT2D eigenvalue weighted by molar-refractivity contribution is 6.74. The van der Waals surface area contributed by atoms with Gasteiger partial charge in [0.15, 0.2) is 8.32 Å². The Morgan fingerprint density at radius 1 is 0.949 bits per heavy atom. The molecule has 2 aromatic carbocycles. The van der Waals surface area contributed by atoms with Crippen molar-refractivity contribution in [2.24, 2.45) is 0 Å². The molecule has 0 saturated carbocycles. The van der Waals surface area contributed by atoms with Crippen molar-refractivity contribution < 1.29 is 14.0 Å². The highest BCUT2D eigenvalue weighted by atomic mass is 35.5. The summed E-state index contributed by atoms with van der Waals surface area (Å²) >= 11 is 7.19. The monoisotopic (exact) mass is 557 g/mol. The average Bonchev–Trinajstić information content (AvgIpc) is 3.62. The first-order valence-corrected chi connectivity index (χ1v) is 16.6. The predicted octanol–water partition coefficient (Wildman–Crippen LogP) is 7.23. The Labute approximate surface area is 233 Å². The van der Waals surface area contributed by atoms with Gasteiger partial charge in [-0.2, -0.15) is 0 Å². The Hall–Kier alpha value is -3.39. The summed E-state index contributed by atoms with van der Waals surface area (Å²) in [4.78, 5) is 29.8. The van der Waals surface area contributed by atoms with Gasteiger partial charge in [0.1, 0.15) is 5.15 Å². The quantitative estimate of drug-likeness (QED) is 0.154. The molecule has 0 unspecified atom stereocenters. The lowest BCUT2D eigenvalue weighted by atomic mass is 9.95. The minimum atomic E-state index is -1.96. The molecule has 2 amide bonds. The molecule has 0 bridgehead atoms. The van der Waals surface area contributed by atoms with Gasteiger partial charge in [-0.15, -0.1) is 0 Å². The van der Waals surface area contributed by atoms with Crippen LogP contribution in [0.15, 0.2) is 66.9 Å². The largest absolute Gasteiger partial charge is 0.410 e. The van der Waals surface area contributed by atoms with Crippen molar-refractivity contribution in [3.8, 4) is 0 Å². The number of hydrogen-bond donors (Lipinski definition) is 2. The van der Waals surface area contributed by atoms with E-state index in [-0.39, 0.29) is 17.2 Å². The van der Waals surface area contributed by atoms with Crippen LogP contribution >= 0.6 is 11.6 Å². The number of fused-ring (bicyclic) bond motifs is 2. The number of nitrogens with one attached hydrogen (secondary N) is 2. The minimum absolute atomic E-state index is 0.00563. The summed E-state index contributed by atoms with van der Waals surface area (Å²) in [6.45, 7) is 11.2. The normalized spacial score (nSPS) is 20.2. The van der Waals surface area contributed by atoms with Crippen LogP contribution in [0.3, 0.4) is 0 Å². The van der Waals surface area contributed by atoms with E-state index in [9.17, 15) is 9.59 Å². The molecule has 6 nitrogen and oxygen atoms in total. The fraction of sp³-hybridized carbons (Fsp3) is 0.290. The first kappa shape index (κ1) is 25.9. The minimum Gasteiger partial charge on any atom is -0.410 e. The standard InChI is InChI=1S/C31H32ClN3O3Si/c1-31(2,3)39(4,5)38-19-15-14-18(16-19)35-24-13-9-7-11-21(24)25(28(35)32)27-26(29(36)34-30(27)37)22-17-33-23-12-8-6-10-20(22)23/h6-15,17-19,33H,16H2,1-5H3,(H,34,36,37)/t18-,19+/m1/s1. The summed E-state index contributed by atoms with van der Waals surface area (Å²) in [6.07, 6.45) is 6.82. The molecule has 0 radical (unpaired) electrons. The van der Waals surface area contributed by atoms with Crippen LogP contribution in [-0.4, -0.2) is 35.8 Å². The van der Waals surface area contributed by atoms with Gasteiger partial charge in [-0.1, -0.05) is 80.9 Å². The summed E-state index contributed by atoms with van der Waals surface area (Å²) in [6, 6.07) is 15.6. The van der Waals surface area contributed by atoms with Crippen molar-refractivity contribution >= 4 is 64.7 Å². The number of allylic oxidation sites excluding steroid dienone is 1. The van der Waals surface area contributed by atoms with Crippen LogP contribution in [0.2, 0.25) is 23.3 Å². The first-order valence-electron chi connectivity index (χ1n) is 13.3. The van der Waals surface area contributed by atoms with E-state index < -0.39 is 20.1 Å². The van der Waals surface area contributed by atoms with Gasteiger partial charge in [0.25, 0.3) is 11.8 Å². The number of carbonyl (C=O) groups is 2. The zero-order valence-corrected chi connectivity index (χ0v) is 24.5. The molecule has 2 aliphatic rings. The molecule has 0 saturated heterocycles. The maximum atomic E-state index is 13.4. The molecule has 39 heavy (non-hydrogen) atoms. The second-order valence-corrected chi connectivity index (χ2v) is 17.1. The van der Waals surface area contributed by atoms with Crippen LogP contribution in [0.25, 0.3) is 33.0 Å². The van der Waals surface area contributed by atoms with Gasteiger partial charge in [-0.25, -0.2) is 0 Å². The summed E-state index contributed by atoms with van der Waals surface area (Å²) in [5, 5.41) is 4.78. The molecule has 200 valence electrons. The van der Waals surface area contributed by atoms with E-state index in [1.54, 1.807) is 6.20 Å². The summed E-state index contributed by atoms with van der Waals surface area (Å²) in [7, 11) is -1.96. The van der Waals surface area contributed by atoms with Gasteiger partial charge in [0, 0.05) is 40.0 Å². The number of aromatic nitrogens is 2. The molecule has 4 aromatic rings. The van der Waals surface area contributed by atoms with Crippen LogP contribution in [0, 0.1) is 0 Å². The molecular weight excluding hydrogens is 526 g/mol.